The molecule has 6 nitrogen and oxygen atoms in total. The maximum Gasteiger partial charge on any atom is 0.341 e. The first-order valence-corrected chi connectivity index (χ1v) is 8.72. The Bertz CT molecular complexity index is 579. The number of amides is 1. The molecular formula is C19H29NO5. The lowest BCUT2D eigenvalue weighted by atomic mass is 9.99. The predicted octanol–water partition coefficient (Wildman–Crippen LogP) is 3.80. The van der Waals surface area contributed by atoms with Crippen molar-refractivity contribution in [3.05, 3.63) is 23.8 Å². The van der Waals surface area contributed by atoms with E-state index in [9.17, 15) is 9.59 Å². The molecule has 0 aliphatic heterocycles. The summed E-state index contributed by atoms with van der Waals surface area (Å²) in [6.07, 6.45) is 2.25. The molecule has 25 heavy (non-hydrogen) atoms. The highest BCUT2D eigenvalue weighted by atomic mass is 16.5. The number of ether oxygens (including phenoxy) is 3. The second kappa shape index (κ2) is 10.0. The average Bonchev–Trinajstić information content (AvgIpc) is 2.60. The number of hydrogen-bond acceptors (Lipinski definition) is 5. The van der Waals surface area contributed by atoms with Gasteiger partial charge < -0.3 is 19.5 Å². The van der Waals surface area contributed by atoms with Crippen molar-refractivity contribution in [1.29, 1.82) is 0 Å². The summed E-state index contributed by atoms with van der Waals surface area (Å²) in [6, 6.07) is 4.93. The van der Waals surface area contributed by atoms with Crippen LogP contribution in [0.1, 0.15) is 57.3 Å². The Morgan fingerprint density at radius 3 is 2.44 bits per heavy atom. The molecule has 140 valence electrons. The molecule has 1 aromatic rings. The Morgan fingerprint density at radius 2 is 1.88 bits per heavy atom. The summed E-state index contributed by atoms with van der Waals surface area (Å²) >= 11 is 0. The van der Waals surface area contributed by atoms with Gasteiger partial charge in [0.25, 0.3) is 5.91 Å². The predicted molar refractivity (Wildman–Crippen MR) is 97.1 cm³/mol. The summed E-state index contributed by atoms with van der Waals surface area (Å²) in [5.74, 6) is -0.314. The lowest BCUT2D eigenvalue weighted by Crippen LogP contribution is -2.42. The number of esters is 1. The topological polar surface area (TPSA) is 73.9 Å². The Morgan fingerprint density at radius 1 is 1.16 bits per heavy atom. The number of hydrogen-bond donors (Lipinski definition) is 1. The normalized spacial score (nSPS) is 13.0. The molecule has 0 saturated heterocycles. The van der Waals surface area contributed by atoms with Crippen LogP contribution in [0.3, 0.4) is 0 Å². The van der Waals surface area contributed by atoms with Crippen LogP contribution < -0.4 is 10.1 Å². The maximum absolute atomic E-state index is 12.6. The zero-order valence-electron chi connectivity index (χ0n) is 15.8. The van der Waals surface area contributed by atoms with Gasteiger partial charge in [-0.05, 0) is 44.9 Å². The van der Waals surface area contributed by atoms with Gasteiger partial charge in [-0.3, -0.25) is 4.79 Å². The first-order valence-electron chi connectivity index (χ1n) is 8.72. The molecule has 0 radical (unpaired) electrons. The third kappa shape index (κ3) is 5.74. The van der Waals surface area contributed by atoms with Crippen LogP contribution in [-0.2, 0) is 14.3 Å². The first kappa shape index (κ1) is 21.0. The van der Waals surface area contributed by atoms with Crippen molar-refractivity contribution in [2.45, 2.75) is 52.6 Å². The van der Waals surface area contributed by atoms with E-state index in [-0.39, 0.29) is 11.5 Å². The number of carbonyl (C=O) groups excluding carboxylic acids is 2. The number of methoxy groups -OCH3 is 1. The van der Waals surface area contributed by atoms with E-state index in [0.29, 0.717) is 31.1 Å². The van der Waals surface area contributed by atoms with Crippen LogP contribution in [0.5, 0.6) is 5.75 Å². The number of nitrogens with one attached hydrogen (secondary N) is 1. The highest BCUT2D eigenvalue weighted by Crippen LogP contribution is 2.26. The highest BCUT2D eigenvalue weighted by molar-refractivity contribution is 5.99. The van der Waals surface area contributed by atoms with Crippen LogP contribution in [0.2, 0.25) is 0 Å². The molecule has 6 heteroatoms. The number of benzene rings is 1. The van der Waals surface area contributed by atoms with Crippen LogP contribution in [0.25, 0.3) is 0 Å². The zero-order chi connectivity index (χ0) is 18.9. The molecule has 0 spiro atoms. The summed E-state index contributed by atoms with van der Waals surface area (Å²) < 4.78 is 16.0. The van der Waals surface area contributed by atoms with E-state index < -0.39 is 11.6 Å². The van der Waals surface area contributed by atoms with E-state index in [1.165, 1.54) is 7.11 Å². The zero-order valence-corrected chi connectivity index (χ0v) is 15.8. The molecule has 0 aliphatic carbocycles. The van der Waals surface area contributed by atoms with Gasteiger partial charge in [0.15, 0.2) is 0 Å². The minimum atomic E-state index is -0.910. The third-order valence-electron chi connectivity index (χ3n) is 3.77. The van der Waals surface area contributed by atoms with Crippen molar-refractivity contribution in [2.24, 2.45) is 0 Å². The number of carbonyl (C=O) groups is 2. The van der Waals surface area contributed by atoms with Crippen molar-refractivity contribution in [3.63, 3.8) is 0 Å². The van der Waals surface area contributed by atoms with E-state index in [4.69, 9.17) is 14.2 Å². The number of rotatable bonds is 10. The summed E-state index contributed by atoms with van der Waals surface area (Å²) in [6.45, 7) is 8.55. The standard InChI is InChI=1S/C19H29NO5/c1-6-11-19(4,25-8-3)18(22)20-14-9-10-16(24-12-7-2)15(13-14)17(21)23-5/h9-10,13H,6-8,11-12H2,1-5H3,(H,20,22)/t19-/m0/s1. The molecule has 0 heterocycles. The molecule has 1 N–H and O–H groups in total. The molecule has 0 saturated carbocycles. The van der Waals surface area contributed by atoms with Gasteiger partial charge in [-0.2, -0.15) is 0 Å². The monoisotopic (exact) mass is 351 g/mol. The quantitative estimate of drug-likeness (QED) is 0.649. The second-order valence-electron chi connectivity index (χ2n) is 5.92. The molecular weight excluding hydrogens is 322 g/mol. The van der Waals surface area contributed by atoms with E-state index in [1.54, 1.807) is 25.1 Å². The van der Waals surface area contributed by atoms with Crippen LogP contribution in [0.4, 0.5) is 5.69 Å². The summed E-state index contributed by atoms with van der Waals surface area (Å²) in [4.78, 5) is 24.6. The van der Waals surface area contributed by atoms with Crippen LogP contribution in [0, 0.1) is 0 Å². The second-order valence-corrected chi connectivity index (χ2v) is 5.92. The van der Waals surface area contributed by atoms with Crippen LogP contribution in [-0.4, -0.2) is 37.8 Å². The van der Waals surface area contributed by atoms with Crippen molar-refractivity contribution in [2.75, 3.05) is 25.6 Å². The van der Waals surface area contributed by atoms with Crippen molar-refractivity contribution in [3.8, 4) is 5.75 Å². The minimum absolute atomic E-state index is 0.241. The van der Waals surface area contributed by atoms with Crippen molar-refractivity contribution >= 4 is 17.6 Å². The van der Waals surface area contributed by atoms with Gasteiger partial charge in [0.1, 0.15) is 16.9 Å². The Labute approximate surface area is 149 Å². The largest absolute Gasteiger partial charge is 0.493 e. The summed E-state index contributed by atoms with van der Waals surface area (Å²) in [5, 5.41) is 2.83. The lowest BCUT2D eigenvalue weighted by Gasteiger charge is -2.28. The Balaban J connectivity index is 3.05. The van der Waals surface area contributed by atoms with Gasteiger partial charge in [0.2, 0.25) is 0 Å². The molecule has 0 aliphatic rings. The molecule has 0 bridgehead atoms. The van der Waals surface area contributed by atoms with Crippen molar-refractivity contribution < 1.29 is 23.8 Å². The maximum atomic E-state index is 12.6. The van der Waals surface area contributed by atoms with E-state index in [2.05, 4.69) is 5.32 Å². The smallest absolute Gasteiger partial charge is 0.341 e. The molecule has 0 unspecified atom stereocenters. The van der Waals surface area contributed by atoms with E-state index in [0.717, 1.165) is 12.8 Å². The minimum Gasteiger partial charge on any atom is -0.493 e. The molecule has 1 amide bonds. The average molecular weight is 351 g/mol. The van der Waals surface area contributed by atoms with Crippen molar-refractivity contribution in [1.82, 2.24) is 0 Å². The Kier molecular flexibility index (Phi) is 8.41. The summed E-state index contributed by atoms with van der Waals surface area (Å²) in [5.41, 5.74) is -0.134. The third-order valence-corrected chi connectivity index (χ3v) is 3.77. The van der Waals surface area contributed by atoms with Crippen LogP contribution >= 0.6 is 0 Å². The fourth-order valence-electron chi connectivity index (χ4n) is 2.53. The lowest BCUT2D eigenvalue weighted by molar-refractivity contribution is -0.139. The number of anilines is 1. The summed E-state index contributed by atoms with van der Waals surface area (Å²) in [7, 11) is 1.31. The molecule has 1 atom stereocenters. The highest BCUT2D eigenvalue weighted by Gasteiger charge is 2.33. The van der Waals surface area contributed by atoms with E-state index >= 15 is 0 Å². The first-order chi connectivity index (χ1) is 11.9. The van der Waals surface area contributed by atoms with Crippen LogP contribution in [0.15, 0.2) is 18.2 Å². The molecule has 1 rings (SSSR count). The fourth-order valence-corrected chi connectivity index (χ4v) is 2.53. The SMILES string of the molecule is CCCOc1ccc(NC(=O)[C@](C)(CCC)OCC)cc1C(=O)OC. The molecule has 0 aromatic heterocycles. The fraction of sp³-hybridized carbons (Fsp3) is 0.579. The van der Waals surface area contributed by atoms with Gasteiger partial charge >= 0.3 is 5.97 Å². The molecule has 1 aromatic carbocycles. The van der Waals surface area contributed by atoms with Gasteiger partial charge in [0, 0.05) is 12.3 Å². The van der Waals surface area contributed by atoms with Gasteiger partial charge in [-0.15, -0.1) is 0 Å². The Hall–Kier alpha value is -2.08. The van der Waals surface area contributed by atoms with E-state index in [1.807, 2.05) is 20.8 Å². The molecule has 0 fully saturated rings. The van der Waals surface area contributed by atoms with Gasteiger partial charge in [0.05, 0.1) is 13.7 Å². The van der Waals surface area contributed by atoms with Gasteiger partial charge in [-0.25, -0.2) is 4.79 Å². The van der Waals surface area contributed by atoms with Gasteiger partial charge in [-0.1, -0.05) is 20.3 Å².